The summed E-state index contributed by atoms with van der Waals surface area (Å²) in [5.74, 6) is 0.229. The molecular weight excluding hydrogens is 373 g/mol. The second kappa shape index (κ2) is 9.86. The Morgan fingerprint density at radius 1 is 1.35 bits per heavy atom. The molecule has 0 saturated heterocycles. The highest BCUT2D eigenvalue weighted by molar-refractivity contribution is 5.93. The Hall–Kier alpha value is -1.69. The van der Waals surface area contributed by atoms with Crippen LogP contribution in [0.2, 0.25) is 0 Å². The van der Waals surface area contributed by atoms with E-state index in [-0.39, 0.29) is 36.8 Å². The van der Waals surface area contributed by atoms with E-state index in [1.165, 1.54) is 11.3 Å². The monoisotopic (exact) mass is 399 g/mol. The average Bonchev–Trinajstić information content (AvgIpc) is 3.12. The van der Waals surface area contributed by atoms with Crippen LogP contribution in [0.5, 0.6) is 0 Å². The molecule has 2 atom stereocenters. The van der Waals surface area contributed by atoms with Crippen molar-refractivity contribution in [3.05, 3.63) is 53.5 Å². The topological polar surface area (TPSA) is 71.5 Å². The molecule has 1 aromatic carbocycles. The Morgan fingerprint density at radius 3 is 2.81 bits per heavy atom. The highest BCUT2D eigenvalue weighted by Gasteiger charge is 2.27. The van der Waals surface area contributed by atoms with Crippen LogP contribution >= 0.6 is 24.8 Å². The zero-order valence-electron chi connectivity index (χ0n) is 15.1. The molecule has 144 valence electrons. The van der Waals surface area contributed by atoms with Gasteiger partial charge in [-0.3, -0.25) is 4.79 Å². The molecule has 0 fully saturated rings. The van der Waals surface area contributed by atoms with Crippen LogP contribution < -0.4 is 16.0 Å². The Morgan fingerprint density at radius 2 is 2.08 bits per heavy atom. The smallest absolute Gasteiger partial charge is 0.287 e. The van der Waals surface area contributed by atoms with E-state index in [0.717, 1.165) is 18.4 Å². The average molecular weight is 400 g/mol. The van der Waals surface area contributed by atoms with Gasteiger partial charge in [0.1, 0.15) is 0 Å². The maximum Gasteiger partial charge on any atom is 0.287 e. The number of hydrogen-bond acceptors (Lipinski definition) is 4. The summed E-state index contributed by atoms with van der Waals surface area (Å²) in [7, 11) is 0. The molecule has 1 amide bonds. The van der Waals surface area contributed by atoms with Crippen LogP contribution in [0.1, 0.15) is 41.9 Å². The summed E-state index contributed by atoms with van der Waals surface area (Å²) in [5.41, 5.74) is 9.23. The number of rotatable bonds is 6. The van der Waals surface area contributed by atoms with Gasteiger partial charge in [-0.05, 0) is 44.4 Å². The zero-order chi connectivity index (χ0) is 17.1. The van der Waals surface area contributed by atoms with Gasteiger partial charge in [-0.1, -0.05) is 18.2 Å². The van der Waals surface area contributed by atoms with Crippen molar-refractivity contribution in [2.24, 2.45) is 5.73 Å². The highest BCUT2D eigenvalue weighted by Crippen LogP contribution is 2.33. The Labute approximate surface area is 167 Å². The van der Waals surface area contributed by atoms with Crippen LogP contribution in [0, 0.1) is 0 Å². The van der Waals surface area contributed by atoms with Crippen LogP contribution in [0.3, 0.4) is 0 Å². The van der Waals surface area contributed by atoms with Gasteiger partial charge in [-0.25, -0.2) is 0 Å². The number of carbonyl (C=O) groups is 1. The molecule has 1 aliphatic heterocycles. The van der Waals surface area contributed by atoms with Crippen LogP contribution in [0.15, 0.2) is 41.0 Å². The van der Waals surface area contributed by atoms with Crippen LogP contribution in [0.4, 0.5) is 5.69 Å². The van der Waals surface area contributed by atoms with Crippen molar-refractivity contribution in [3.63, 3.8) is 0 Å². The van der Waals surface area contributed by atoms with E-state index in [9.17, 15) is 4.79 Å². The quantitative estimate of drug-likeness (QED) is 0.778. The lowest BCUT2D eigenvalue weighted by atomic mass is 10.1. The van der Waals surface area contributed by atoms with Gasteiger partial charge in [0.2, 0.25) is 0 Å². The number of hydrogen-bond donors (Lipinski definition) is 2. The molecule has 0 saturated carbocycles. The summed E-state index contributed by atoms with van der Waals surface area (Å²) in [6.45, 7) is 5.36. The van der Waals surface area contributed by atoms with E-state index in [1.807, 2.05) is 13.0 Å². The number of nitrogens with zero attached hydrogens (tertiary/aromatic N) is 1. The van der Waals surface area contributed by atoms with Crippen molar-refractivity contribution >= 4 is 36.4 Å². The third-order valence-electron chi connectivity index (χ3n) is 4.53. The molecule has 3 rings (SSSR count). The first kappa shape index (κ1) is 22.4. The second-order valence-electron chi connectivity index (χ2n) is 6.61. The second-order valence-corrected chi connectivity index (χ2v) is 6.61. The summed E-state index contributed by atoms with van der Waals surface area (Å²) in [4.78, 5) is 14.7. The Balaban J connectivity index is 0.00000169. The Kier molecular flexibility index (Phi) is 8.47. The summed E-state index contributed by atoms with van der Waals surface area (Å²) < 4.78 is 5.45. The third kappa shape index (κ3) is 4.93. The summed E-state index contributed by atoms with van der Waals surface area (Å²) in [6.07, 6.45) is 3.37. The molecule has 1 aliphatic rings. The van der Waals surface area contributed by atoms with Gasteiger partial charge < -0.3 is 20.4 Å². The molecule has 7 heteroatoms. The lowest BCUT2D eigenvalue weighted by molar-refractivity contribution is 0.0923. The molecule has 2 aromatic rings. The molecule has 2 unspecified atom stereocenters. The van der Waals surface area contributed by atoms with Crippen molar-refractivity contribution in [1.29, 1.82) is 0 Å². The number of amides is 1. The first-order valence-corrected chi connectivity index (χ1v) is 8.51. The minimum Gasteiger partial charge on any atom is -0.459 e. The van der Waals surface area contributed by atoms with E-state index < -0.39 is 0 Å². The standard InChI is InChI=1S/C19H25N3O2.2ClH/c1-13(20)7-9-21-19(23)18-16(8-10-24-18)12-22-14(2)11-15-5-3-4-6-17(15)22;;/h3-6,8,10,13-14H,7,9,11-12,20H2,1-2H3,(H,21,23);2*1H. The predicted molar refractivity (Wildman–Crippen MR) is 110 cm³/mol. The largest absolute Gasteiger partial charge is 0.459 e. The number of nitrogens with two attached hydrogens (primary N) is 1. The number of fused-ring (bicyclic) bond motifs is 1. The summed E-state index contributed by atoms with van der Waals surface area (Å²) in [6, 6.07) is 10.8. The van der Waals surface area contributed by atoms with E-state index in [4.69, 9.17) is 10.2 Å². The molecule has 0 spiro atoms. The first-order chi connectivity index (χ1) is 11.6. The predicted octanol–water partition coefficient (Wildman–Crippen LogP) is 3.54. The van der Waals surface area contributed by atoms with Crippen molar-refractivity contribution in [2.75, 3.05) is 11.4 Å². The molecular formula is C19H27Cl2N3O2. The fraction of sp³-hybridized carbons (Fsp3) is 0.421. The number of benzene rings is 1. The van der Waals surface area contributed by atoms with Gasteiger partial charge in [0, 0.05) is 36.4 Å². The number of nitrogens with one attached hydrogen (secondary N) is 1. The highest BCUT2D eigenvalue weighted by atomic mass is 35.5. The maximum absolute atomic E-state index is 12.3. The van der Waals surface area contributed by atoms with Crippen molar-refractivity contribution in [2.45, 2.75) is 45.3 Å². The SMILES string of the molecule is CC(N)CCNC(=O)c1occc1CN1c2ccccc2CC1C.Cl.Cl. The van der Waals surface area contributed by atoms with Gasteiger partial charge in [-0.15, -0.1) is 24.8 Å². The van der Waals surface area contributed by atoms with Crippen LogP contribution in [0.25, 0.3) is 0 Å². The maximum atomic E-state index is 12.3. The molecule has 2 heterocycles. The minimum absolute atomic E-state index is 0. The number of halogens is 2. The van der Waals surface area contributed by atoms with Crippen molar-refractivity contribution in [1.82, 2.24) is 5.32 Å². The normalized spacial score (nSPS) is 16.3. The number of para-hydroxylation sites is 1. The molecule has 0 bridgehead atoms. The molecule has 0 aliphatic carbocycles. The molecule has 0 radical (unpaired) electrons. The van der Waals surface area contributed by atoms with Gasteiger partial charge in [0.05, 0.1) is 6.26 Å². The molecule has 1 aromatic heterocycles. The van der Waals surface area contributed by atoms with E-state index in [0.29, 0.717) is 24.9 Å². The fourth-order valence-electron chi connectivity index (χ4n) is 3.21. The number of anilines is 1. The fourth-order valence-corrected chi connectivity index (χ4v) is 3.21. The van der Waals surface area contributed by atoms with Crippen molar-refractivity contribution < 1.29 is 9.21 Å². The first-order valence-electron chi connectivity index (χ1n) is 8.51. The number of furan rings is 1. The molecule has 3 N–H and O–H groups in total. The Bertz CT molecular complexity index is 718. The van der Waals surface area contributed by atoms with Gasteiger partial charge in [0.25, 0.3) is 5.91 Å². The van der Waals surface area contributed by atoms with Gasteiger partial charge in [-0.2, -0.15) is 0 Å². The zero-order valence-corrected chi connectivity index (χ0v) is 16.7. The van der Waals surface area contributed by atoms with E-state index >= 15 is 0 Å². The lowest BCUT2D eigenvalue weighted by Crippen LogP contribution is -2.31. The molecule has 5 nitrogen and oxygen atoms in total. The van der Waals surface area contributed by atoms with Gasteiger partial charge >= 0.3 is 0 Å². The molecule has 26 heavy (non-hydrogen) atoms. The van der Waals surface area contributed by atoms with Crippen LogP contribution in [-0.4, -0.2) is 24.5 Å². The lowest BCUT2D eigenvalue weighted by Gasteiger charge is -2.24. The third-order valence-corrected chi connectivity index (χ3v) is 4.53. The summed E-state index contributed by atoms with van der Waals surface area (Å²) >= 11 is 0. The minimum atomic E-state index is -0.171. The number of carbonyl (C=O) groups excluding carboxylic acids is 1. The van der Waals surface area contributed by atoms with E-state index in [1.54, 1.807) is 6.26 Å². The van der Waals surface area contributed by atoms with Crippen molar-refractivity contribution in [3.8, 4) is 0 Å². The summed E-state index contributed by atoms with van der Waals surface area (Å²) in [5, 5.41) is 2.88. The van der Waals surface area contributed by atoms with Gasteiger partial charge in [0.15, 0.2) is 5.76 Å². The van der Waals surface area contributed by atoms with E-state index in [2.05, 4.69) is 41.4 Å². The van der Waals surface area contributed by atoms with Crippen LogP contribution in [-0.2, 0) is 13.0 Å².